The zero-order valence-electron chi connectivity index (χ0n) is 42.3. The number of anilines is 9. The van der Waals surface area contributed by atoms with Crippen molar-refractivity contribution in [3.05, 3.63) is 277 Å². The molecule has 0 bridgehead atoms. The van der Waals surface area contributed by atoms with Gasteiger partial charge in [0.25, 0.3) is 0 Å². The molecule has 0 radical (unpaired) electrons. The number of nitriles is 2. The second-order valence-electron chi connectivity index (χ2n) is 19.4. The first-order valence-corrected chi connectivity index (χ1v) is 25.7. The number of aryl methyl sites for hydroxylation is 2. The van der Waals surface area contributed by atoms with Crippen molar-refractivity contribution in [1.82, 2.24) is 4.57 Å². The number of aromatic nitrogens is 1. The quantitative estimate of drug-likeness (QED) is 0.136. The molecule has 11 aromatic carbocycles. The summed E-state index contributed by atoms with van der Waals surface area (Å²) in [7, 11) is 0. The lowest BCUT2D eigenvalue weighted by Crippen LogP contribution is -2.17. The predicted molar refractivity (Wildman–Crippen MR) is 315 cm³/mol. The summed E-state index contributed by atoms with van der Waals surface area (Å²) >= 11 is 0. The molecule has 1 aromatic heterocycles. The fourth-order valence-electron chi connectivity index (χ4n) is 10.9. The monoisotopic (exact) mass is 988 g/mol. The molecule has 0 saturated carbocycles. The second kappa shape index (κ2) is 19.3. The van der Waals surface area contributed by atoms with E-state index in [1.807, 2.05) is 48.5 Å². The highest BCUT2D eigenvalue weighted by Gasteiger charge is 2.31. The maximum Gasteiger partial charge on any atom is 0.151 e. The maximum atomic E-state index is 10.1. The lowest BCUT2D eigenvalue weighted by molar-refractivity contribution is 0.476. The Labute approximate surface area is 447 Å². The molecule has 0 aliphatic carbocycles. The average Bonchev–Trinajstić information content (AvgIpc) is 3.83. The molecule has 77 heavy (non-hydrogen) atoms. The van der Waals surface area contributed by atoms with Crippen molar-refractivity contribution in [3.63, 3.8) is 0 Å². The number of benzene rings is 11. The van der Waals surface area contributed by atoms with Gasteiger partial charge in [-0.05, 0) is 182 Å². The molecule has 2 heterocycles. The van der Waals surface area contributed by atoms with Crippen LogP contribution in [0.5, 0.6) is 11.5 Å². The molecule has 1 aliphatic heterocycles. The van der Waals surface area contributed by atoms with Crippen LogP contribution in [-0.2, 0) is 0 Å². The predicted octanol–water partition coefficient (Wildman–Crippen LogP) is 19.0. The van der Waals surface area contributed by atoms with Crippen molar-refractivity contribution in [1.29, 1.82) is 10.5 Å². The Morgan fingerprint density at radius 3 is 1.12 bits per heavy atom. The summed E-state index contributed by atoms with van der Waals surface area (Å²) < 4.78 is 9.09. The van der Waals surface area contributed by atoms with Crippen LogP contribution in [-0.4, -0.2) is 4.57 Å². The van der Waals surface area contributed by atoms with Crippen molar-refractivity contribution >= 4 is 73.0 Å². The third-order valence-electron chi connectivity index (χ3n) is 14.5. The Hall–Kier alpha value is -10.6. The van der Waals surface area contributed by atoms with Gasteiger partial charge >= 0.3 is 0 Å². The van der Waals surface area contributed by atoms with E-state index in [9.17, 15) is 10.5 Å². The Balaban J connectivity index is 1.14. The van der Waals surface area contributed by atoms with Crippen molar-refractivity contribution in [3.8, 4) is 51.6 Å². The van der Waals surface area contributed by atoms with Crippen LogP contribution < -0.4 is 19.4 Å². The van der Waals surface area contributed by atoms with E-state index in [-0.39, 0.29) is 0 Å². The summed E-state index contributed by atoms with van der Waals surface area (Å²) in [5.41, 5.74) is 19.0. The van der Waals surface area contributed by atoms with Gasteiger partial charge in [0.1, 0.15) is 0 Å². The highest BCUT2D eigenvalue weighted by Crippen LogP contribution is 2.55. The van der Waals surface area contributed by atoms with Gasteiger partial charge in [0, 0.05) is 56.0 Å². The van der Waals surface area contributed by atoms with Crippen LogP contribution >= 0.6 is 0 Å². The first-order valence-electron chi connectivity index (χ1n) is 25.7. The molecular formula is C70H48N6O. The average molecular weight is 989 g/mol. The Bertz CT molecular complexity index is 4000. The van der Waals surface area contributed by atoms with Gasteiger partial charge in [0.05, 0.1) is 57.0 Å². The smallest absolute Gasteiger partial charge is 0.151 e. The number of para-hydroxylation sites is 4. The van der Waals surface area contributed by atoms with E-state index >= 15 is 0 Å². The third kappa shape index (κ3) is 8.35. The van der Waals surface area contributed by atoms with Crippen LogP contribution in [0.4, 0.5) is 51.2 Å². The van der Waals surface area contributed by atoms with Gasteiger partial charge in [-0.1, -0.05) is 109 Å². The summed E-state index contributed by atoms with van der Waals surface area (Å²) in [6.45, 7) is 4.21. The third-order valence-corrected chi connectivity index (χ3v) is 14.5. The van der Waals surface area contributed by atoms with Crippen molar-refractivity contribution in [2.75, 3.05) is 14.7 Å². The number of hydrogen-bond donors (Lipinski definition) is 0. The summed E-state index contributed by atoms with van der Waals surface area (Å²) in [6, 6.07) is 93.4. The Morgan fingerprint density at radius 1 is 0.351 bits per heavy atom. The normalized spacial score (nSPS) is 11.6. The molecule has 1 aliphatic rings. The second-order valence-corrected chi connectivity index (χ2v) is 19.4. The molecular weight excluding hydrogens is 941 g/mol. The number of nitrogens with zero attached hydrogens (tertiary/aromatic N) is 6. The number of rotatable bonds is 10. The van der Waals surface area contributed by atoms with E-state index in [2.05, 4.69) is 252 Å². The fourth-order valence-corrected chi connectivity index (χ4v) is 10.9. The standard InChI is InChI=1S/C70H48N6O/c1-47-23-37-69-67(39-47)76(68-40-48(2)24-38-70(68)77-69)66-44-59(51-29-25-49(45-71)26-30-51)65(43-60(66)52-31-27-50(46-72)28-32-52)75-63-35-33-57(73(53-15-7-3-8-16-53)54-17-9-4-10-18-54)41-61(63)62-42-58(34-36-64(62)75)74(55-19-11-5-12-20-55)56-21-13-6-14-22-56/h3-44H,1-2H3. The molecule has 0 amide bonds. The Morgan fingerprint density at radius 2 is 0.727 bits per heavy atom. The van der Waals surface area contributed by atoms with Crippen molar-refractivity contribution < 1.29 is 4.74 Å². The molecule has 0 spiro atoms. The highest BCUT2D eigenvalue weighted by molar-refractivity contribution is 6.13. The number of hydrogen-bond acceptors (Lipinski definition) is 6. The highest BCUT2D eigenvalue weighted by atomic mass is 16.5. The van der Waals surface area contributed by atoms with Gasteiger partial charge in [-0.2, -0.15) is 10.5 Å². The number of ether oxygens (including phenoxy) is 1. The molecule has 364 valence electrons. The van der Waals surface area contributed by atoms with Gasteiger partial charge in [-0.25, -0.2) is 0 Å². The van der Waals surface area contributed by atoms with Gasteiger partial charge in [-0.3, -0.25) is 0 Å². The van der Waals surface area contributed by atoms with E-state index in [4.69, 9.17) is 4.74 Å². The lowest BCUT2D eigenvalue weighted by atomic mass is 9.93. The molecule has 13 rings (SSSR count). The first-order chi connectivity index (χ1) is 37.9. The van der Waals surface area contributed by atoms with Crippen LogP contribution in [0.15, 0.2) is 255 Å². The lowest BCUT2D eigenvalue weighted by Gasteiger charge is -2.35. The minimum Gasteiger partial charge on any atom is -0.453 e. The minimum absolute atomic E-state index is 0.575. The van der Waals surface area contributed by atoms with Crippen LogP contribution in [0, 0.1) is 36.5 Å². The van der Waals surface area contributed by atoms with Crippen LogP contribution in [0.25, 0.3) is 49.7 Å². The summed E-state index contributed by atoms with van der Waals surface area (Å²) in [5, 5.41) is 22.3. The summed E-state index contributed by atoms with van der Waals surface area (Å²) in [5.74, 6) is 1.49. The van der Waals surface area contributed by atoms with E-state index in [1.54, 1.807) is 0 Å². The largest absolute Gasteiger partial charge is 0.453 e. The number of fused-ring (bicyclic) bond motifs is 5. The molecule has 0 atom stereocenters. The SMILES string of the molecule is Cc1ccc2c(c1)N(c1cc(-c3ccc(C#N)cc3)c(-n3c4ccc(N(c5ccccc5)c5ccccc5)cc4c4cc(N(c5ccccc5)c5ccccc5)ccc43)cc1-c1ccc(C#N)cc1)c1cc(C)ccc1O2. The van der Waals surface area contributed by atoms with E-state index in [0.29, 0.717) is 11.1 Å². The summed E-state index contributed by atoms with van der Waals surface area (Å²) in [4.78, 5) is 6.95. The van der Waals surface area contributed by atoms with Crippen molar-refractivity contribution in [2.24, 2.45) is 0 Å². The van der Waals surface area contributed by atoms with E-state index in [0.717, 1.165) is 124 Å². The first kappa shape index (κ1) is 46.2. The molecule has 7 nitrogen and oxygen atoms in total. The summed E-state index contributed by atoms with van der Waals surface area (Å²) in [6.07, 6.45) is 0. The topological polar surface area (TPSA) is 71.5 Å². The maximum absolute atomic E-state index is 10.1. The Kier molecular flexibility index (Phi) is 11.6. The van der Waals surface area contributed by atoms with E-state index in [1.165, 1.54) is 0 Å². The van der Waals surface area contributed by atoms with Crippen LogP contribution in [0.1, 0.15) is 22.3 Å². The van der Waals surface area contributed by atoms with E-state index < -0.39 is 0 Å². The van der Waals surface area contributed by atoms with Crippen LogP contribution in [0.3, 0.4) is 0 Å². The van der Waals surface area contributed by atoms with Gasteiger partial charge in [0.15, 0.2) is 11.5 Å². The van der Waals surface area contributed by atoms with Crippen LogP contribution in [0.2, 0.25) is 0 Å². The van der Waals surface area contributed by atoms with Gasteiger partial charge < -0.3 is 24.0 Å². The fraction of sp³-hybridized carbons (Fsp3) is 0.0286. The van der Waals surface area contributed by atoms with Crippen molar-refractivity contribution in [2.45, 2.75) is 13.8 Å². The van der Waals surface area contributed by atoms with Gasteiger partial charge in [-0.15, -0.1) is 0 Å². The molecule has 7 heteroatoms. The zero-order valence-corrected chi connectivity index (χ0v) is 42.3. The molecule has 0 saturated heterocycles. The molecule has 12 aromatic rings. The molecule has 0 fully saturated rings. The minimum atomic E-state index is 0.575. The molecule has 0 N–H and O–H groups in total. The molecule has 0 unspecified atom stereocenters. The van der Waals surface area contributed by atoms with Gasteiger partial charge in [0.2, 0.25) is 0 Å². The zero-order chi connectivity index (χ0) is 52.0.